The van der Waals surface area contributed by atoms with Gasteiger partial charge in [-0.05, 0) is 25.9 Å². The van der Waals surface area contributed by atoms with Crippen LogP contribution >= 0.6 is 25.3 Å². The molecule has 1 heterocycles. The summed E-state index contributed by atoms with van der Waals surface area (Å²) in [5.41, 5.74) is 8.67. The summed E-state index contributed by atoms with van der Waals surface area (Å²) in [6, 6.07) is 0. The van der Waals surface area contributed by atoms with Gasteiger partial charge in [-0.3, -0.25) is 9.59 Å². The number of nitrogens with two attached hydrogens (primary N) is 2. The molecule has 84 valence electrons. The molecular formula is C7H17N3O2S2. The first-order chi connectivity index (χ1) is 6.46. The highest BCUT2D eigenvalue weighted by atomic mass is 32.1. The van der Waals surface area contributed by atoms with Gasteiger partial charge in [-0.2, -0.15) is 0 Å². The fourth-order valence-electron chi connectivity index (χ4n) is 0.802. The highest BCUT2D eigenvalue weighted by molar-refractivity contribution is 7.96. The molecule has 0 saturated carbocycles. The molecule has 1 aliphatic heterocycles. The van der Waals surface area contributed by atoms with E-state index in [9.17, 15) is 0 Å². The van der Waals surface area contributed by atoms with Gasteiger partial charge in [-0.1, -0.05) is 31.7 Å². The van der Waals surface area contributed by atoms with Gasteiger partial charge in [0, 0.05) is 0 Å². The lowest BCUT2D eigenvalue weighted by Crippen LogP contribution is -2.21. The molecule has 0 unspecified atom stereocenters. The van der Waals surface area contributed by atoms with Gasteiger partial charge < -0.3 is 16.8 Å². The number of nitrogens with one attached hydrogen (secondary N) is 1. The Hall–Kier alpha value is -0.400. The van der Waals surface area contributed by atoms with Gasteiger partial charge in [-0.15, -0.1) is 0 Å². The van der Waals surface area contributed by atoms with E-state index in [1.54, 1.807) is 0 Å². The van der Waals surface area contributed by atoms with Gasteiger partial charge >= 0.3 is 0 Å². The Morgan fingerprint density at radius 2 is 1.21 bits per heavy atom. The highest BCUT2D eigenvalue weighted by Crippen LogP contribution is 1.96. The first kappa shape index (κ1) is 16.0. The summed E-state index contributed by atoms with van der Waals surface area (Å²) in [6.07, 6.45) is 4.22. The Morgan fingerprint density at radius 1 is 0.929 bits per heavy atom. The molecule has 0 spiro atoms. The van der Waals surface area contributed by atoms with Crippen LogP contribution in [0.4, 0.5) is 9.59 Å². The number of carbonyl (C=O) groups is 2. The van der Waals surface area contributed by atoms with Gasteiger partial charge in [-0.25, -0.2) is 0 Å². The van der Waals surface area contributed by atoms with Crippen molar-refractivity contribution in [2.24, 2.45) is 11.5 Å². The largest absolute Gasteiger partial charge is 0.361 e. The SMILES string of the molecule is C1CCNCC1.NC(=O)S.NC(=O)S. The first-order valence-electron chi connectivity index (χ1n) is 4.14. The number of primary amides is 2. The van der Waals surface area contributed by atoms with E-state index in [0.29, 0.717) is 0 Å². The maximum atomic E-state index is 9.09. The molecule has 5 N–H and O–H groups in total. The second-order valence-electron chi connectivity index (χ2n) is 2.49. The predicted octanol–water partition coefficient (Wildman–Crippen LogP) is 0.750. The van der Waals surface area contributed by atoms with E-state index in [-0.39, 0.29) is 0 Å². The fraction of sp³-hybridized carbons (Fsp3) is 0.714. The van der Waals surface area contributed by atoms with Crippen molar-refractivity contribution in [3.05, 3.63) is 0 Å². The van der Waals surface area contributed by atoms with Crippen LogP contribution in [0.15, 0.2) is 0 Å². The number of thiol groups is 2. The van der Waals surface area contributed by atoms with Gasteiger partial charge in [0.2, 0.25) is 0 Å². The molecule has 0 radical (unpaired) electrons. The van der Waals surface area contributed by atoms with Crippen LogP contribution in [0.1, 0.15) is 19.3 Å². The van der Waals surface area contributed by atoms with Crippen molar-refractivity contribution in [3.63, 3.8) is 0 Å². The molecule has 1 fully saturated rings. The van der Waals surface area contributed by atoms with Crippen molar-refractivity contribution in [2.75, 3.05) is 13.1 Å². The van der Waals surface area contributed by atoms with E-state index in [1.807, 2.05) is 0 Å². The number of piperidine rings is 1. The standard InChI is InChI=1S/C5H11N.2CH3NOS/c1-2-4-6-5-3-1;2*2-1(3)4/h6H,1-5H2;2*(H3,2,3,4). The fourth-order valence-corrected chi connectivity index (χ4v) is 0.802. The number of amides is 2. The summed E-state index contributed by atoms with van der Waals surface area (Å²) < 4.78 is 0. The van der Waals surface area contributed by atoms with E-state index in [0.717, 1.165) is 0 Å². The third-order valence-corrected chi connectivity index (χ3v) is 1.21. The molecule has 1 aliphatic rings. The average Bonchev–Trinajstić information content (AvgIpc) is 2.05. The van der Waals surface area contributed by atoms with Crippen LogP contribution in [0.25, 0.3) is 0 Å². The molecule has 7 heteroatoms. The van der Waals surface area contributed by atoms with Crippen LogP contribution < -0.4 is 16.8 Å². The van der Waals surface area contributed by atoms with E-state index in [4.69, 9.17) is 9.59 Å². The molecule has 1 saturated heterocycles. The van der Waals surface area contributed by atoms with Gasteiger partial charge in [0.25, 0.3) is 10.5 Å². The van der Waals surface area contributed by atoms with Crippen LogP contribution in [0, 0.1) is 0 Å². The zero-order valence-corrected chi connectivity index (χ0v) is 9.69. The normalized spacial score (nSPS) is 13.9. The smallest absolute Gasteiger partial charge is 0.273 e. The average molecular weight is 239 g/mol. The third-order valence-electron chi connectivity index (χ3n) is 1.21. The van der Waals surface area contributed by atoms with E-state index in [1.165, 1.54) is 32.4 Å². The number of hydrogen-bond acceptors (Lipinski definition) is 3. The molecule has 0 atom stereocenters. The van der Waals surface area contributed by atoms with Crippen molar-refractivity contribution in [3.8, 4) is 0 Å². The third kappa shape index (κ3) is 41.6. The summed E-state index contributed by atoms with van der Waals surface area (Å²) in [6.45, 7) is 2.50. The molecule has 5 nitrogen and oxygen atoms in total. The summed E-state index contributed by atoms with van der Waals surface area (Å²) >= 11 is 6.21. The number of carbonyl (C=O) groups excluding carboxylic acids is 2. The van der Waals surface area contributed by atoms with Crippen molar-refractivity contribution >= 4 is 35.7 Å². The van der Waals surface area contributed by atoms with Crippen molar-refractivity contribution < 1.29 is 9.59 Å². The second-order valence-corrected chi connectivity index (χ2v) is 3.37. The lowest BCUT2D eigenvalue weighted by molar-refractivity contribution is 0.266. The van der Waals surface area contributed by atoms with E-state index in [2.05, 4.69) is 42.0 Å². The lowest BCUT2D eigenvalue weighted by atomic mass is 10.2. The summed E-state index contributed by atoms with van der Waals surface area (Å²) in [7, 11) is 0. The minimum atomic E-state index is -0.639. The molecular weight excluding hydrogens is 222 g/mol. The lowest BCUT2D eigenvalue weighted by Gasteiger charge is -2.08. The van der Waals surface area contributed by atoms with Crippen LogP contribution in [-0.4, -0.2) is 23.6 Å². The topological polar surface area (TPSA) is 98.2 Å². The Kier molecular flexibility index (Phi) is 14.4. The number of hydrogen-bond donors (Lipinski definition) is 5. The van der Waals surface area contributed by atoms with Crippen molar-refractivity contribution in [2.45, 2.75) is 19.3 Å². The Bertz CT molecular complexity index is 132. The van der Waals surface area contributed by atoms with Crippen LogP contribution in [0.2, 0.25) is 0 Å². The van der Waals surface area contributed by atoms with Crippen LogP contribution in [-0.2, 0) is 0 Å². The zero-order chi connectivity index (χ0) is 11.4. The van der Waals surface area contributed by atoms with Gasteiger partial charge in [0.05, 0.1) is 0 Å². The predicted molar refractivity (Wildman–Crippen MR) is 63.9 cm³/mol. The minimum absolute atomic E-state index is 0.639. The van der Waals surface area contributed by atoms with Gasteiger partial charge in [0.15, 0.2) is 0 Å². The maximum absolute atomic E-state index is 9.09. The van der Waals surface area contributed by atoms with Gasteiger partial charge in [0.1, 0.15) is 0 Å². The molecule has 2 amide bonds. The quantitative estimate of drug-likeness (QED) is 0.403. The van der Waals surface area contributed by atoms with E-state index >= 15 is 0 Å². The molecule has 0 aliphatic carbocycles. The number of rotatable bonds is 0. The first-order valence-corrected chi connectivity index (χ1v) is 5.03. The monoisotopic (exact) mass is 239 g/mol. The highest BCUT2D eigenvalue weighted by Gasteiger charge is 1.93. The summed E-state index contributed by atoms with van der Waals surface area (Å²) in [5, 5.41) is 2.01. The van der Waals surface area contributed by atoms with Crippen LogP contribution in [0.3, 0.4) is 0 Å². The van der Waals surface area contributed by atoms with Crippen LogP contribution in [0.5, 0.6) is 0 Å². The summed E-state index contributed by atoms with van der Waals surface area (Å²) in [4.78, 5) is 18.2. The Morgan fingerprint density at radius 3 is 1.29 bits per heavy atom. The second kappa shape index (κ2) is 12.6. The zero-order valence-electron chi connectivity index (χ0n) is 7.90. The Labute approximate surface area is 94.8 Å². The molecule has 0 bridgehead atoms. The molecule has 0 aromatic carbocycles. The van der Waals surface area contributed by atoms with E-state index < -0.39 is 10.5 Å². The molecule has 1 rings (SSSR count). The molecule has 14 heavy (non-hydrogen) atoms. The molecule has 0 aromatic heterocycles. The van der Waals surface area contributed by atoms with Crippen molar-refractivity contribution in [1.29, 1.82) is 0 Å². The summed E-state index contributed by atoms with van der Waals surface area (Å²) in [5.74, 6) is 0. The van der Waals surface area contributed by atoms with Crippen molar-refractivity contribution in [1.82, 2.24) is 5.32 Å². The maximum Gasteiger partial charge on any atom is 0.273 e. The Balaban J connectivity index is 0. The molecule has 0 aromatic rings. The minimum Gasteiger partial charge on any atom is -0.361 e.